The van der Waals surface area contributed by atoms with E-state index in [2.05, 4.69) is 9.88 Å². The molecule has 1 N–H and O–H groups in total. The lowest BCUT2D eigenvalue weighted by Gasteiger charge is -2.06. The Balaban J connectivity index is 1.73. The fraction of sp³-hybridized carbons (Fsp3) is 0.214. The van der Waals surface area contributed by atoms with Gasteiger partial charge < -0.3 is 9.88 Å². The number of aryl methyl sites for hydroxylation is 1. The van der Waals surface area contributed by atoms with Gasteiger partial charge in [-0.15, -0.1) is 0 Å². The average molecular weight is 246 g/mol. The summed E-state index contributed by atoms with van der Waals surface area (Å²) in [5, 5.41) is 2.81. The number of hydrogen-bond donors (Lipinski definition) is 1. The topological polar surface area (TPSA) is 34.0 Å². The van der Waals surface area contributed by atoms with Crippen LogP contribution in [0.1, 0.15) is 16.8 Å². The Morgan fingerprint density at radius 1 is 1.17 bits per heavy atom. The van der Waals surface area contributed by atoms with Crippen LogP contribution in [0.2, 0.25) is 0 Å². The molecule has 0 unspecified atom stereocenters. The molecule has 0 fully saturated rings. The molecule has 3 nitrogen and oxygen atoms in total. The Morgan fingerprint density at radius 2 is 1.83 bits per heavy atom. The maximum atomic E-state index is 12.7. The van der Waals surface area contributed by atoms with Gasteiger partial charge in [0.1, 0.15) is 5.82 Å². The lowest BCUT2D eigenvalue weighted by Crippen LogP contribution is -2.25. The molecule has 0 atom stereocenters. The van der Waals surface area contributed by atoms with E-state index in [1.165, 1.54) is 24.3 Å². The zero-order chi connectivity index (χ0) is 12.8. The largest absolute Gasteiger partial charge is 0.354 e. The fourth-order valence-electron chi connectivity index (χ4n) is 1.69. The molecule has 1 heterocycles. The highest BCUT2D eigenvalue weighted by Crippen LogP contribution is 2.02. The van der Waals surface area contributed by atoms with E-state index in [0.29, 0.717) is 12.1 Å². The molecule has 0 saturated carbocycles. The highest BCUT2D eigenvalue weighted by atomic mass is 19.1. The second kappa shape index (κ2) is 6.00. The Bertz CT molecular complexity index is 491. The molecule has 94 valence electrons. The maximum absolute atomic E-state index is 12.7. The molecule has 0 aliphatic rings. The molecule has 1 amide bonds. The van der Waals surface area contributed by atoms with Gasteiger partial charge in [0.25, 0.3) is 5.91 Å². The third kappa shape index (κ3) is 3.45. The first-order chi connectivity index (χ1) is 8.75. The molecule has 0 aliphatic carbocycles. The van der Waals surface area contributed by atoms with Gasteiger partial charge in [-0.1, -0.05) is 0 Å². The second-order valence-electron chi connectivity index (χ2n) is 4.04. The van der Waals surface area contributed by atoms with E-state index < -0.39 is 0 Å². The molecule has 0 aliphatic heterocycles. The van der Waals surface area contributed by atoms with Gasteiger partial charge in [0, 0.05) is 31.0 Å². The van der Waals surface area contributed by atoms with Gasteiger partial charge in [0.05, 0.1) is 0 Å². The predicted octanol–water partition coefficient (Wildman–Crippen LogP) is 2.45. The number of amides is 1. The van der Waals surface area contributed by atoms with Gasteiger partial charge in [-0.05, 0) is 42.8 Å². The molecule has 2 rings (SSSR count). The van der Waals surface area contributed by atoms with Crippen molar-refractivity contribution in [3.8, 4) is 0 Å². The van der Waals surface area contributed by atoms with E-state index in [1.54, 1.807) is 0 Å². The Labute approximate surface area is 105 Å². The Kier molecular flexibility index (Phi) is 4.12. The summed E-state index contributed by atoms with van der Waals surface area (Å²) in [6, 6.07) is 9.48. The minimum atomic E-state index is -0.334. The molecular formula is C14H15FN2O. The zero-order valence-corrected chi connectivity index (χ0v) is 9.97. The first-order valence-corrected chi connectivity index (χ1v) is 5.90. The molecule has 1 aromatic heterocycles. The SMILES string of the molecule is O=C(NCCCn1cccc1)c1ccc(F)cc1. The monoisotopic (exact) mass is 246 g/mol. The van der Waals surface area contributed by atoms with Crippen molar-refractivity contribution in [1.29, 1.82) is 0 Å². The first kappa shape index (κ1) is 12.4. The number of nitrogens with zero attached hydrogens (tertiary/aromatic N) is 1. The summed E-state index contributed by atoms with van der Waals surface area (Å²) >= 11 is 0. The standard InChI is InChI=1S/C14H15FN2O/c15-13-6-4-12(5-7-13)14(18)16-8-3-11-17-9-1-2-10-17/h1-2,4-7,9-10H,3,8,11H2,(H,16,18). The first-order valence-electron chi connectivity index (χ1n) is 5.90. The third-order valence-corrected chi connectivity index (χ3v) is 2.65. The Morgan fingerprint density at radius 3 is 2.50 bits per heavy atom. The summed E-state index contributed by atoms with van der Waals surface area (Å²) in [6.45, 7) is 1.48. The fourth-order valence-corrected chi connectivity index (χ4v) is 1.69. The number of aromatic nitrogens is 1. The number of nitrogens with one attached hydrogen (secondary N) is 1. The van der Waals surface area contributed by atoms with Gasteiger partial charge >= 0.3 is 0 Å². The number of benzene rings is 1. The van der Waals surface area contributed by atoms with E-state index in [-0.39, 0.29) is 11.7 Å². The third-order valence-electron chi connectivity index (χ3n) is 2.65. The number of hydrogen-bond acceptors (Lipinski definition) is 1. The van der Waals surface area contributed by atoms with Crippen LogP contribution in [0.4, 0.5) is 4.39 Å². The van der Waals surface area contributed by atoms with E-state index in [9.17, 15) is 9.18 Å². The molecular weight excluding hydrogens is 231 g/mol. The van der Waals surface area contributed by atoms with Crippen LogP contribution in [0.25, 0.3) is 0 Å². The molecule has 2 aromatic rings. The number of halogens is 1. The summed E-state index contributed by atoms with van der Waals surface area (Å²) in [5.74, 6) is -0.498. The lowest BCUT2D eigenvalue weighted by atomic mass is 10.2. The quantitative estimate of drug-likeness (QED) is 0.808. The van der Waals surface area contributed by atoms with Crippen LogP contribution >= 0.6 is 0 Å². The summed E-state index contributed by atoms with van der Waals surface area (Å²) in [7, 11) is 0. The number of rotatable bonds is 5. The molecule has 4 heteroatoms. The maximum Gasteiger partial charge on any atom is 0.251 e. The van der Waals surface area contributed by atoms with Crippen LogP contribution < -0.4 is 5.32 Å². The number of carbonyl (C=O) groups excluding carboxylic acids is 1. The predicted molar refractivity (Wildman–Crippen MR) is 67.8 cm³/mol. The molecule has 18 heavy (non-hydrogen) atoms. The van der Waals surface area contributed by atoms with Gasteiger partial charge in [-0.25, -0.2) is 4.39 Å². The van der Waals surface area contributed by atoms with Crippen molar-refractivity contribution < 1.29 is 9.18 Å². The molecule has 1 aromatic carbocycles. The minimum absolute atomic E-state index is 0.164. The molecule has 0 bridgehead atoms. The molecule has 0 saturated heterocycles. The van der Waals surface area contributed by atoms with Crippen molar-refractivity contribution in [2.45, 2.75) is 13.0 Å². The van der Waals surface area contributed by atoms with E-state index >= 15 is 0 Å². The van der Waals surface area contributed by atoms with E-state index in [1.807, 2.05) is 24.5 Å². The summed E-state index contributed by atoms with van der Waals surface area (Å²) < 4.78 is 14.7. The number of carbonyl (C=O) groups is 1. The highest BCUT2D eigenvalue weighted by molar-refractivity contribution is 5.94. The van der Waals surface area contributed by atoms with Crippen molar-refractivity contribution in [2.75, 3.05) is 6.54 Å². The van der Waals surface area contributed by atoms with Gasteiger partial charge in [0.15, 0.2) is 0 Å². The van der Waals surface area contributed by atoms with Crippen molar-refractivity contribution >= 4 is 5.91 Å². The van der Waals surface area contributed by atoms with Crippen molar-refractivity contribution in [2.24, 2.45) is 0 Å². The van der Waals surface area contributed by atoms with Gasteiger partial charge in [-0.2, -0.15) is 0 Å². The summed E-state index contributed by atoms with van der Waals surface area (Å²) in [6.07, 6.45) is 4.84. The van der Waals surface area contributed by atoms with Crippen LogP contribution in [0, 0.1) is 5.82 Å². The van der Waals surface area contributed by atoms with E-state index in [4.69, 9.17) is 0 Å². The summed E-state index contributed by atoms with van der Waals surface area (Å²) in [4.78, 5) is 11.7. The van der Waals surface area contributed by atoms with Crippen molar-refractivity contribution in [3.63, 3.8) is 0 Å². The van der Waals surface area contributed by atoms with Gasteiger partial charge in [0.2, 0.25) is 0 Å². The minimum Gasteiger partial charge on any atom is -0.354 e. The lowest BCUT2D eigenvalue weighted by molar-refractivity contribution is 0.0952. The Hall–Kier alpha value is -2.10. The van der Waals surface area contributed by atoms with Crippen LogP contribution in [0.3, 0.4) is 0 Å². The molecule has 0 spiro atoms. The average Bonchev–Trinajstić information content (AvgIpc) is 2.88. The molecule has 0 radical (unpaired) electrons. The smallest absolute Gasteiger partial charge is 0.251 e. The highest BCUT2D eigenvalue weighted by Gasteiger charge is 2.04. The van der Waals surface area contributed by atoms with Crippen LogP contribution in [-0.2, 0) is 6.54 Å². The van der Waals surface area contributed by atoms with Crippen molar-refractivity contribution in [1.82, 2.24) is 9.88 Å². The van der Waals surface area contributed by atoms with Crippen LogP contribution in [0.5, 0.6) is 0 Å². The second-order valence-corrected chi connectivity index (χ2v) is 4.04. The van der Waals surface area contributed by atoms with E-state index in [0.717, 1.165) is 13.0 Å². The van der Waals surface area contributed by atoms with Crippen LogP contribution in [-0.4, -0.2) is 17.0 Å². The van der Waals surface area contributed by atoms with Crippen LogP contribution in [0.15, 0.2) is 48.8 Å². The van der Waals surface area contributed by atoms with Gasteiger partial charge in [-0.3, -0.25) is 4.79 Å². The van der Waals surface area contributed by atoms with Crippen molar-refractivity contribution in [3.05, 3.63) is 60.2 Å². The normalized spacial score (nSPS) is 10.3. The zero-order valence-electron chi connectivity index (χ0n) is 9.97. The summed E-state index contributed by atoms with van der Waals surface area (Å²) in [5.41, 5.74) is 0.484.